The Hall–Kier alpha value is -3.66. The third-order valence-corrected chi connectivity index (χ3v) is 4.55. The minimum absolute atomic E-state index is 0.101. The molecule has 154 valence electrons. The molecule has 1 aliphatic rings. The van der Waals surface area contributed by atoms with Gasteiger partial charge in [-0.1, -0.05) is 0 Å². The molecule has 0 atom stereocenters. The molecule has 30 heavy (non-hydrogen) atoms. The predicted octanol–water partition coefficient (Wildman–Crippen LogP) is 3.15. The topological polar surface area (TPSA) is 99.5 Å². The summed E-state index contributed by atoms with van der Waals surface area (Å²) in [6, 6.07) is 13.5. The largest absolute Gasteiger partial charge is 0.459 e. The number of anilines is 1. The summed E-state index contributed by atoms with van der Waals surface area (Å²) in [5.41, 5.74) is 2.18. The zero-order valence-electron chi connectivity index (χ0n) is 17.2. The van der Waals surface area contributed by atoms with Crippen LogP contribution in [0.15, 0.2) is 42.5 Å². The number of nitrogens with zero attached hydrogens (tertiary/aromatic N) is 2. The van der Waals surface area contributed by atoms with Crippen molar-refractivity contribution in [2.75, 3.05) is 18.4 Å². The number of fused-ring (bicyclic) bond motifs is 1. The maximum atomic E-state index is 12.7. The zero-order chi connectivity index (χ0) is 21.9. The Morgan fingerprint density at radius 1 is 1.17 bits per heavy atom. The van der Waals surface area contributed by atoms with Crippen LogP contribution in [0.3, 0.4) is 0 Å². The average Bonchev–Trinajstić information content (AvgIpc) is 2.69. The number of ether oxygens (including phenoxy) is 1. The maximum absolute atomic E-state index is 12.7. The van der Waals surface area contributed by atoms with Gasteiger partial charge in [-0.25, -0.2) is 0 Å². The Kier molecular flexibility index (Phi) is 5.88. The molecule has 1 heterocycles. The fraction of sp³-hybridized carbons (Fsp3) is 0.304. The highest BCUT2D eigenvalue weighted by atomic mass is 16.6. The van der Waals surface area contributed by atoms with Crippen LogP contribution in [0.25, 0.3) is 0 Å². The molecular weight excluding hydrogens is 382 g/mol. The maximum Gasteiger partial charge on any atom is 0.326 e. The number of amides is 2. The monoisotopic (exact) mass is 405 g/mol. The lowest BCUT2D eigenvalue weighted by Crippen LogP contribution is -2.42. The first kappa shape index (κ1) is 21.1. The van der Waals surface area contributed by atoms with Crippen LogP contribution >= 0.6 is 0 Å². The molecule has 0 spiro atoms. The molecule has 7 heteroatoms. The number of hydrogen-bond donors (Lipinski definition) is 1. The van der Waals surface area contributed by atoms with Crippen molar-refractivity contribution in [3.8, 4) is 6.07 Å². The minimum atomic E-state index is -0.606. The van der Waals surface area contributed by atoms with Crippen LogP contribution in [-0.4, -0.2) is 41.4 Å². The van der Waals surface area contributed by atoms with Crippen molar-refractivity contribution in [2.45, 2.75) is 32.8 Å². The normalized spacial score (nSPS) is 13.3. The minimum Gasteiger partial charge on any atom is -0.459 e. The Balaban J connectivity index is 1.69. The third-order valence-electron chi connectivity index (χ3n) is 4.55. The molecule has 3 rings (SSSR count). The first-order valence-electron chi connectivity index (χ1n) is 9.62. The zero-order valence-corrected chi connectivity index (χ0v) is 17.2. The van der Waals surface area contributed by atoms with Crippen molar-refractivity contribution in [3.05, 3.63) is 64.7 Å². The van der Waals surface area contributed by atoms with E-state index in [9.17, 15) is 14.4 Å². The van der Waals surface area contributed by atoms with Crippen molar-refractivity contribution in [3.63, 3.8) is 0 Å². The SMILES string of the molecule is CC(C)(C)OC(=O)CN1CCc2cc(C(=O)Nc3ccc(C#N)cc3)ccc2C1=O. The number of esters is 1. The number of hydrogen-bond acceptors (Lipinski definition) is 5. The summed E-state index contributed by atoms with van der Waals surface area (Å²) in [6.07, 6.45) is 0.544. The summed E-state index contributed by atoms with van der Waals surface area (Å²) >= 11 is 0. The Morgan fingerprint density at radius 2 is 1.87 bits per heavy atom. The highest BCUT2D eigenvalue weighted by molar-refractivity contribution is 6.06. The van der Waals surface area contributed by atoms with Crippen LogP contribution in [0.1, 0.15) is 52.6 Å². The molecule has 0 saturated heterocycles. The van der Waals surface area contributed by atoms with E-state index in [0.29, 0.717) is 35.3 Å². The van der Waals surface area contributed by atoms with Crippen LogP contribution in [0, 0.1) is 11.3 Å². The number of rotatable bonds is 4. The summed E-state index contributed by atoms with van der Waals surface area (Å²) in [7, 11) is 0. The van der Waals surface area contributed by atoms with Gasteiger partial charge in [-0.05, 0) is 75.2 Å². The Bertz CT molecular complexity index is 1030. The van der Waals surface area contributed by atoms with E-state index < -0.39 is 11.6 Å². The first-order chi connectivity index (χ1) is 14.2. The molecule has 2 aromatic rings. The molecule has 0 bridgehead atoms. The van der Waals surface area contributed by atoms with Gasteiger partial charge in [-0.3, -0.25) is 14.4 Å². The van der Waals surface area contributed by atoms with Crippen LogP contribution in [0.2, 0.25) is 0 Å². The van der Waals surface area contributed by atoms with E-state index in [1.807, 2.05) is 6.07 Å². The van der Waals surface area contributed by atoms with Gasteiger partial charge in [-0.2, -0.15) is 5.26 Å². The number of benzene rings is 2. The summed E-state index contributed by atoms with van der Waals surface area (Å²) in [4.78, 5) is 38.8. The molecular formula is C23H23N3O4. The van der Waals surface area contributed by atoms with Crippen molar-refractivity contribution >= 4 is 23.5 Å². The van der Waals surface area contributed by atoms with E-state index in [1.165, 1.54) is 4.90 Å². The van der Waals surface area contributed by atoms with Gasteiger partial charge in [0, 0.05) is 23.4 Å². The lowest BCUT2D eigenvalue weighted by Gasteiger charge is -2.29. The Labute approximate surface area is 175 Å². The molecule has 7 nitrogen and oxygen atoms in total. The van der Waals surface area contributed by atoms with Gasteiger partial charge in [0.2, 0.25) is 0 Å². The first-order valence-corrected chi connectivity index (χ1v) is 9.62. The van der Waals surface area contributed by atoms with E-state index in [1.54, 1.807) is 63.2 Å². The standard InChI is InChI=1S/C23H23N3O4/c1-23(2,3)30-20(27)14-26-11-10-16-12-17(6-9-19(16)22(26)29)21(28)25-18-7-4-15(13-24)5-8-18/h4-9,12H,10-11,14H2,1-3H3,(H,25,28). The molecule has 2 amide bonds. The quantitative estimate of drug-likeness (QED) is 0.788. The number of nitriles is 1. The molecule has 0 saturated carbocycles. The van der Waals surface area contributed by atoms with E-state index in [2.05, 4.69) is 5.32 Å². The lowest BCUT2D eigenvalue weighted by atomic mass is 9.96. The fourth-order valence-corrected chi connectivity index (χ4v) is 3.19. The van der Waals surface area contributed by atoms with Gasteiger partial charge in [0.05, 0.1) is 11.6 Å². The molecule has 1 N–H and O–H groups in total. The van der Waals surface area contributed by atoms with Gasteiger partial charge in [-0.15, -0.1) is 0 Å². The van der Waals surface area contributed by atoms with Crippen molar-refractivity contribution in [2.24, 2.45) is 0 Å². The molecule has 2 aromatic carbocycles. The molecule has 1 aliphatic heterocycles. The van der Waals surface area contributed by atoms with Crippen LogP contribution in [0.4, 0.5) is 5.69 Å². The lowest BCUT2D eigenvalue weighted by molar-refractivity contribution is -0.155. The van der Waals surface area contributed by atoms with Gasteiger partial charge in [0.25, 0.3) is 11.8 Å². The summed E-state index contributed by atoms with van der Waals surface area (Å²) in [5, 5.41) is 11.6. The second-order valence-electron chi connectivity index (χ2n) is 8.08. The Morgan fingerprint density at radius 3 is 2.50 bits per heavy atom. The van der Waals surface area contributed by atoms with E-state index in [-0.39, 0.29) is 18.4 Å². The number of nitrogens with one attached hydrogen (secondary N) is 1. The van der Waals surface area contributed by atoms with E-state index in [4.69, 9.17) is 10.00 Å². The van der Waals surface area contributed by atoms with E-state index >= 15 is 0 Å². The highest BCUT2D eigenvalue weighted by Crippen LogP contribution is 2.22. The predicted molar refractivity (Wildman–Crippen MR) is 111 cm³/mol. The summed E-state index contributed by atoms with van der Waals surface area (Å²) < 4.78 is 5.29. The fourth-order valence-electron chi connectivity index (χ4n) is 3.19. The van der Waals surface area contributed by atoms with Crippen LogP contribution < -0.4 is 5.32 Å². The summed E-state index contributed by atoms with van der Waals surface area (Å²) in [6.45, 7) is 5.62. The van der Waals surface area contributed by atoms with Crippen molar-refractivity contribution in [1.82, 2.24) is 4.90 Å². The van der Waals surface area contributed by atoms with Crippen molar-refractivity contribution < 1.29 is 19.1 Å². The third kappa shape index (κ3) is 5.03. The van der Waals surface area contributed by atoms with Crippen molar-refractivity contribution in [1.29, 1.82) is 5.26 Å². The molecule has 0 aliphatic carbocycles. The second-order valence-corrected chi connectivity index (χ2v) is 8.08. The molecule has 0 radical (unpaired) electrons. The van der Waals surface area contributed by atoms with E-state index in [0.717, 1.165) is 5.56 Å². The average molecular weight is 405 g/mol. The van der Waals surface area contributed by atoms with Crippen LogP contribution in [-0.2, 0) is 16.0 Å². The highest BCUT2D eigenvalue weighted by Gasteiger charge is 2.28. The van der Waals surface area contributed by atoms with Gasteiger partial charge in [0.15, 0.2) is 0 Å². The molecule has 0 aromatic heterocycles. The van der Waals surface area contributed by atoms with Gasteiger partial charge >= 0.3 is 5.97 Å². The summed E-state index contributed by atoms with van der Waals surface area (Å²) in [5.74, 6) is -0.995. The number of carbonyl (C=O) groups excluding carboxylic acids is 3. The second kappa shape index (κ2) is 8.37. The smallest absolute Gasteiger partial charge is 0.326 e. The molecule has 0 unspecified atom stereocenters. The molecule has 0 fully saturated rings. The van der Waals surface area contributed by atoms with Gasteiger partial charge in [0.1, 0.15) is 12.1 Å². The van der Waals surface area contributed by atoms with Crippen LogP contribution in [0.5, 0.6) is 0 Å². The van der Waals surface area contributed by atoms with Gasteiger partial charge < -0.3 is 15.0 Å². The number of carbonyl (C=O) groups is 3.